The molecule has 0 bridgehead atoms. The molecule has 1 aromatic heterocycles. The summed E-state index contributed by atoms with van der Waals surface area (Å²) in [7, 11) is 0. The van der Waals surface area contributed by atoms with Crippen LogP contribution in [0.1, 0.15) is 45.3 Å². The number of amides is 1. The monoisotopic (exact) mass is 278 g/mol. The van der Waals surface area contributed by atoms with Crippen LogP contribution in [0, 0.1) is 0 Å². The fourth-order valence-electron chi connectivity index (χ4n) is 2.78. The summed E-state index contributed by atoms with van der Waals surface area (Å²) in [4.78, 5) is 14.3. The molecule has 112 valence electrons. The fourth-order valence-corrected chi connectivity index (χ4v) is 2.78. The number of carbonyl (C=O) groups excluding carboxylic acids is 1. The Kier molecular flexibility index (Phi) is 5.65. The lowest BCUT2D eigenvalue weighted by Gasteiger charge is -2.30. The molecule has 0 saturated carbocycles. The van der Waals surface area contributed by atoms with Crippen molar-refractivity contribution in [2.75, 3.05) is 13.1 Å². The number of aryl methyl sites for hydroxylation is 1. The van der Waals surface area contributed by atoms with Crippen LogP contribution in [-0.4, -0.2) is 36.0 Å². The number of carbonyl (C=O) groups is 1. The predicted molar refractivity (Wildman–Crippen MR) is 79.5 cm³/mol. The molecule has 20 heavy (non-hydrogen) atoms. The summed E-state index contributed by atoms with van der Waals surface area (Å²) < 4.78 is 5.33. The molecule has 2 atom stereocenters. The first kappa shape index (κ1) is 15.1. The number of nitrogens with zero attached hydrogens (tertiary/aromatic N) is 1. The van der Waals surface area contributed by atoms with Gasteiger partial charge in [0.05, 0.1) is 12.3 Å². The topological polar surface area (TPSA) is 45.5 Å². The first-order valence-electron chi connectivity index (χ1n) is 7.74. The fraction of sp³-hybridized carbons (Fsp3) is 0.688. The van der Waals surface area contributed by atoms with Gasteiger partial charge in [0.2, 0.25) is 5.91 Å². The maximum atomic E-state index is 12.3. The van der Waals surface area contributed by atoms with Crippen molar-refractivity contribution in [1.29, 1.82) is 0 Å². The van der Waals surface area contributed by atoms with Crippen molar-refractivity contribution in [1.82, 2.24) is 10.2 Å². The number of likely N-dealkylation sites (tertiary alicyclic amines) is 1. The van der Waals surface area contributed by atoms with Gasteiger partial charge in [0.15, 0.2) is 0 Å². The summed E-state index contributed by atoms with van der Waals surface area (Å²) in [6.45, 7) is 5.94. The highest BCUT2D eigenvalue weighted by atomic mass is 16.3. The smallest absolute Gasteiger partial charge is 0.239 e. The lowest BCUT2D eigenvalue weighted by molar-refractivity contribution is -0.134. The van der Waals surface area contributed by atoms with Crippen molar-refractivity contribution >= 4 is 5.91 Å². The van der Waals surface area contributed by atoms with E-state index in [2.05, 4.69) is 12.2 Å². The van der Waals surface area contributed by atoms with Crippen LogP contribution < -0.4 is 5.32 Å². The zero-order valence-corrected chi connectivity index (χ0v) is 12.6. The molecular formula is C16H26N2O2. The van der Waals surface area contributed by atoms with Crippen molar-refractivity contribution in [2.45, 2.75) is 58.0 Å². The highest BCUT2D eigenvalue weighted by molar-refractivity contribution is 5.81. The Balaban J connectivity index is 1.72. The van der Waals surface area contributed by atoms with E-state index in [0.29, 0.717) is 6.04 Å². The standard InChI is InChI=1S/C16H26N2O2/c1-13(8-9-15-7-6-12-20-15)17-14(2)16(19)18-10-4-3-5-11-18/h6-7,12-14,17H,3-5,8-11H2,1-2H3. The van der Waals surface area contributed by atoms with Gasteiger partial charge in [-0.25, -0.2) is 0 Å². The number of hydrogen-bond acceptors (Lipinski definition) is 3. The Bertz CT molecular complexity index is 397. The minimum absolute atomic E-state index is 0.0975. The summed E-state index contributed by atoms with van der Waals surface area (Å²) in [5, 5.41) is 3.41. The normalized spacial score (nSPS) is 18.8. The van der Waals surface area contributed by atoms with E-state index in [-0.39, 0.29) is 11.9 Å². The largest absolute Gasteiger partial charge is 0.469 e. The molecular weight excluding hydrogens is 252 g/mol. The predicted octanol–water partition coefficient (Wildman–Crippen LogP) is 2.59. The van der Waals surface area contributed by atoms with Crippen LogP contribution >= 0.6 is 0 Å². The van der Waals surface area contributed by atoms with Gasteiger partial charge >= 0.3 is 0 Å². The molecule has 1 aliphatic rings. The first-order chi connectivity index (χ1) is 9.66. The summed E-state index contributed by atoms with van der Waals surface area (Å²) >= 11 is 0. The lowest BCUT2D eigenvalue weighted by atomic mass is 10.1. The molecule has 0 aliphatic carbocycles. The van der Waals surface area contributed by atoms with Crippen LogP contribution in [-0.2, 0) is 11.2 Å². The van der Waals surface area contributed by atoms with E-state index in [9.17, 15) is 4.79 Å². The van der Waals surface area contributed by atoms with Crippen molar-refractivity contribution in [3.8, 4) is 0 Å². The summed E-state index contributed by atoms with van der Waals surface area (Å²) in [6.07, 6.45) is 7.14. The molecule has 2 rings (SSSR count). The number of piperidine rings is 1. The Morgan fingerprint density at radius 1 is 1.35 bits per heavy atom. The third-order valence-corrected chi connectivity index (χ3v) is 3.98. The molecule has 1 aliphatic heterocycles. The van der Waals surface area contributed by atoms with Crippen molar-refractivity contribution in [3.05, 3.63) is 24.2 Å². The third-order valence-electron chi connectivity index (χ3n) is 3.98. The van der Waals surface area contributed by atoms with Gasteiger partial charge < -0.3 is 14.6 Å². The minimum atomic E-state index is -0.0975. The summed E-state index contributed by atoms with van der Waals surface area (Å²) in [6, 6.07) is 4.12. The van der Waals surface area contributed by atoms with Gasteiger partial charge in [-0.1, -0.05) is 0 Å². The van der Waals surface area contributed by atoms with Gasteiger partial charge in [0.1, 0.15) is 5.76 Å². The molecule has 4 nitrogen and oxygen atoms in total. The number of rotatable bonds is 6. The van der Waals surface area contributed by atoms with Gasteiger partial charge in [-0.15, -0.1) is 0 Å². The van der Waals surface area contributed by atoms with E-state index in [1.807, 2.05) is 24.0 Å². The molecule has 1 saturated heterocycles. The molecule has 2 unspecified atom stereocenters. The highest BCUT2D eigenvalue weighted by Crippen LogP contribution is 2.11. The molecule has 0 radical (unpaired) electrons. The van der Waals surface area contributed by atoms with Gasteiger partial charge in [-0.2, -0.15) is 0 Å². The van der Waals surface area contributed by atoms with Gasteiger partial charge in [0.25, 0.3) is 0 Å². The number of nitrogens with one attached hydrogen (secondary N) is 1. The van der Waals surface area contributed by atoms with Crippen molar-refractivity contribution in [3.63, 3.8) is 0 Å². The average Bonchev–Trinajstić information content (AvgIpc) is 2.98. The van der Waals surface area contributed by atoms with E-state index >= 15 is 0 Å². The second kappa shape index (κ2) is 7.48. The molecule has 0 spiro atoms. The molecule has 1 aromatic rings. The van der Waals surface area contributed by atoms with E-state index in [1.165, 1.54) is 6.42 Å². The molecule has 2 heterocycles. The van der Waals surface area contributed by atoms with Crippen LogP contribution in [0.15, 0.2) is 22.8 Å². The third kappa shape index (κ3) is 4.37. The Hall–Kier alpha value is -1.29. The quantitative estimate of drug-likeness (QED) is 0.870. The van der Waals surface area contributed by atoms with Gasteiger partial charge in [-0.3, -0.25) is 4.79 Å². The SMILES string of the molecule is CC(CCc1ccco1)NC(C)C(=O)N1CCCCC1. The number of hydrogen-bond donors (Lipinski definition) is 1. The Labute approximate surface area is 121 Å². The zero-order valence-electron chi connectivity index (χ0n) is 12.6. The van der Waals surface area contributed by atoms with Gasteiger partial charge in [-0.05, 0) is 51.7 Å². The molecule has 1 fully saturated rings. The van der Waals surface area contributed by atoms with E-state index in [4.69, 9.17) is 4.42 Å². The zero-order chi connectivity index (χ0) is 14.4. The van der Waals surface area contributed by atoms with Crippen LogP contribution in [0.25, 0.3) is 0 Å². The summed E-state index contributed by atoms with van der Waals surface area (Å²) in [5.74, 6) is 1.25. The summed E-state index contributed by atoms with van der Waals surface area (Å²) in [5.41, 5.74) is 0. The van der Waals surface area contributed by atoms with Gasteiger partial charge in [0, 0.05) is 25.6 Å². The minimum Gasteiger partial charge on any atom is -0.469 e. The maximum absolute atomic E-state index is 12.3. The van der Waals surface area contributed by atoms with Crippen molar-refractivity contribution in [2.24, 2.45) is 0 Å². The number of furan rings is 1. The average molecular weight is 278 g/mol. The molecule has 4 heteroatoms. The molecule has 1 amide bonds. The van der Waals surface area contributed by atoms with Crippen LogP contribution in [0.2, 0.25) is 0 Å². The maximum Gasteiger partial charge on any atom is 0.239 e. The van der Waals surface area contributed by atoms with Crippen molar-refractivity contribution < 1.29 is 9.21 Å². The van der Waals surface area contributed by atoms with E-state index < -0.39 is 0 Å². The Morgan fingerprint density at radius 2 is 2.10 bits per heavy atom. The molecule has 0 aromatic carbocycles. The van der Waals surface area contributed by atoms with E-state index in [1.54, 1.807) is 6.26 Å². The van der Waals surface area contributed by atoms with Crippen LogP contribution in [0.3, 0.4) is 0 Å². The van der Waals surface area contributed by atoms with Crippen LogP contribution in [0.4, 0.5) is 0 Å². The van der Waals surface area contributed by atoms with E-state index in [0.717, 1.165) is 44.5 Å². The molecule has 1 N–H and O–H groups in total. The second-order valence-corrected chi connectivity index (χ2v) is 5.79. The first-order valence-corrected chi connectivity index (χ1v) is 7.74. The lowest BCUT2D eigenvalue weighted by Crippen LogP contribution is -2.49. The Morgan fingerprint density at radius 3 is 2.75 bits per heavy atom. The van der Waals surface area contributed by atoms with Crippen LogP contribution in [0.5, 0.6) is 0 Å². The second-order valence-electron chi connectivity index (χ2n) is 5.79. The highest BCUT2D eigenvalue weighted by Gasteiger charge is 2.22.